The maximum atomic E-state index is 10.0. The Labute approximate surface area is 120 Å². The van der Waals surface area contributed by atoms with Crippen LogP contribution in [0, 0.1) is 0 Å². The van der Waals surface area contributed by atoms with Gasteiger partial charge in [-0.15, -0.1) is 0 Å². The topological polar surface area (TPSA) is 119 Å². The minimum absolute atomic E-state index is 0.0990. The lowest BCUT2D eigenvalue weighted by Gasteiger charge is -2.31. The Morgan fingerprint density at radius 3 is 2.45 bits per heavy atom. The summed E-state index contributed by atoms with van der Waals surface area (Å²) in [5.41, 5.74) is 5.87. The van der Waals surface area contributed by atoms with Crippen LogP contribution < -0.4 is 10.6 Å². The van der Waals surface area contributed by atoms with Gasteiger partial charge in [-0.1, -0.05) is 12.1 Å². The molecule has 4 atom stereocenters. The van der Waals surface area contributed by atoms with Gasteiger partial charge in [-0.2, -0.15) is 0 Å². The van der Waals surface area contributed by atoms with Gasteiger partial charge in [0, 0.05) is 0 Å². The van der Waals surface area contributed by atoms with Crippen molar-refractivity contribution in [1.29, 1.82) is 0 Å². The van der Waals surface area contributed by atoms with Gasteiger partial charge in [0.05, 0.1) is 12.3 Å². The highest BCUT2D eigenvalue weighted by Gasteiger charge is 2.46. The number of hydrogen-bond donors (Lipinski definition) is 5. The van der Waals surface area contributed by atoms with Gasteiger partial charge in [0.1, 0.15) is 24.1 Å². The van der Waals surface area contributed by atoms with E-state index in [-0.39, 0.29) is 16.5 Å². The fourth-order valence-electron chi connectivity index (χ4n) is 2.14. The molecule has 0 aromatic heterocycles. The average molecular weight is 300 g/mol. The average Bonchev–Trinajstić information content (AvgIpc) is 2.69. The number of nitrogens with zero attached hydrogens (tertiary/aromatic N) is 1. The third-order valence-corrected chi connectivity index (χ3v) is 3.35. The SMILES string of the molecule is NC(=S)N(c1ccccc1O)[C@@H]1O[C@H](CO)[C@@H](O)[C@H]1O. The van der Waals surface area contributed by atoms with E-state index in [1.807, 2.05) is 0 Å². The summed E-state index contributed by atoms with van der Waals surface area (Å²) in [5.74, 6) is -0.0990. The molecule has 20 heavy (non-hydrogen) atoms. The number of phenols is 1. The summed E-state index contributed by atoms with van der Waals surface area (Å²) in [4.78, 5) is 1.20. The van der Waals surface area contributed by atoms with E-state index in [4.69, 9.17) is 27.8 Å². The van der Waals surface area contributed by atoms with Gasteiger partial charge in [0.2, 0.25) is 0 Å². The number of anilines is 1. The quantitative estimate of drug-likeness (QED) is 0.445. The molecule has 1 saturated heterocycles. The Balaban J connectivity index is 2.36. The maximum absolute atomic E-state index is 10.0. The fraction of sp³-hybridized carbons (Fsp3) is 0.417. The molecule has 1 aromatic carbocycles. The van der Waals surface area contributed by atoms with E-state index in [1.54, 1.807) is 18.2 Å². The second-order valence-electron chi connectivity index (χ2n) is 4.43. The molecule has 1 aromatic rings. The van der Waals surface area contributed by atoms with Crippen molar-refractivity contribution in [1.82, 2.24) is 0 Å². The lowest BCUT2D eigenvalue weighted by Crippen LogP contribution is -2.49. The predicted molar refractivity (Wildman–Crippen MR) is 75.1 cm³/mol. The van der Waals surface area contributed by atoms with Crippen LogP contribution in [0.25, 0.3) is 0 Å². The van der Waals surface area contributed by atoms with E-state index in [1.165, 1.54) is 11.0 Å². The highest BCUT2D eigenvalue weighted by Crippen LogP contribution is 2.33. The number of nitrogens with two attached hydrogens (primary N) is 1. The van der Waals surface area contributed by atoms with E-state index in [0.29, 0.717) is 0 Å². The molecular weight excluding hydrogens is 284 g/mol. The van der Waals surface area contributed by atoms with Crippen molar-refractivity contribution in [3.8, 4) is 5.75 Å². The van der Waals surface area contributed by atoms with Crippen molar-refractivity contribution in [2.75, 3.05) is 11.5 Å². The molecule has 1 fully saturated rings. The Morgan fingerprint density at radius 1 is 1.30 bits per heavy atom. The molecule has 0 radical (unpaired) electrons. The van der Waals surface area contributed by atoms with E-state index < -0.39 is 31.1 Å². The minimum Gasteiger partial charge on any atom is -0.506 e. The number of para-hydroxylation sites is 2. The van der Waals surface area contributed by atoms with Crippen LogP contribution in [0.4, 0.5) is 5.69 Å². The van der Waals surface area contributed by atoms with Gasteiger partial charge >= 0.3 is 0 Å². The number of aromatic hydroxyl groups is 1. The first-order valence-corrected chi connectivity index (χ1v) is 6.37. The standard InChI is InChI=1S/C12H16N2O5S/c13-12(20)14(6-3-1-2-4-7(6)16)11-10(18)9(17)8(5-15)19-11/h1-4,8-11,15-18H,5H2,(H2,13,20)/t8-,9-,10-,11-/m1/s1. The summed E-state index contributed by atoms with van der Waals surface area (Å²) in [6.07, 6.45) is -4.63. The molecule has 110 valence electrons. The van der Waals surface area contributed by atoms with Gasteiger partial charge in [0.25, 0.3) is 0 Å². The van der Waals surface area contributed by atoms with E-state index >= 15 is 0 Å². The van der Waals surface area contributed by atoms with Gasteiger partial charge < -0.3 is 30.9 Å². The lowest BCUT2D eigenvalue weighted by molar-refractivity contribution is -0.0192. The first kappa shape index (κ1) is 14.9. The number of phenolic OH excluding ortho intramolecular Hbond substituents is 1. The summed E-state index contributed by atoms with van der Waals surface area (Å²) in [7, 11) is 0. The molecule has 1 heterocycles. The van der Waals surface area contributed by atoms with Crippen LogP contribution in [-0.2, 0) is 4.74 Å². The van der Waals surface area contributed by atoms with Crippen molar-refractivity contribution >= 4 is 23.0 Å². The number of ether oxygens (including phenoxy) is 1. The molecule has 0 aliphatic carbocycles. The zero-order valence-electron chi connectivity index (χ0n) is 10.5. The van der Waals surface area contributed by atoms with Crippen molar-refractivity contribution < 1.29 is 25.2 Å². The number of aliphatic hydroxyl groups is 3. The van der Waals surface area contributed by atoms with Crippen LogP contribution in [0.2, 0.25) is 0 Å². The second kappa shape index (κ2) is 5.90. The molecule has 0 spiro atoms. The molecule has 1 aliphatic heterocycles. The highest BCUT2D eigenvalue weighted by molar-refractivity contribution is 7.80. The smallest absolute Gasteiger partial charge is 0.173 e. The summed E-state index contributed by atoms with van der Waals surface area (Å²) in [6, 6.07) is 6.25. The monoisotopic (exact) mass is 300 g/mol. The first-order valence-electron chi connectivity index (χ1n) is 5.96. The van der Waals surface area contributed by atoms with E-state index in [9.17, 15) is 15.3 Å². The van der Waals surface area contributed by atoms with Crippen molar-refractivity contribution in [3.05, 3.63) is 24.3 Å². The molecule has 0 bridgehead atoms. The second-order valence-corrected chi connectivity index (χ2v) is 4.84. The maximum Gasteiger partial charge on any atom is 0.173 e. The molecule has 0 saturated carbocycles. The van der Waals surface area contributed by atoms with E-state index in [2.05, 4.69) is 0 Å². The summed E-state index contributed by atoms with van der Waals surface area (Å²) < 4.78 is 5.37. The molecule has 8 heteroatoms. The summed E-state index contributed by atoms with van der Waals surface area (Å²) in [5, 5.41) is 38.6. The zero-order chi connectivity index (χ0) is 14.9. The third-order valence-electron chi connectivity index (χ3n) is 3.15. The molecular formula is C12H16N2O5S. The van der Waals surface area contributed by atoms with Crippen LogP contribution in [0.1, 0.15) is 0 Å². The minimum atomic E-state index is -1.33. The van der Waals surface area contributed by atoms with Crippen LogP contribution in [0.3, 0.4) is 0 Å². The Hall–Kier alpha value is -1.45. The van der Waals surface area contributed by atoms with Crippen molar-refractivity contribution in [3.63, 3.8) is 0 Å². The highest BCUT2D eigenvalue weighted by atomic mass is 32.1. The van der Waals surface area contributed by atoms with Gasteiger partial charge in [-0.3, -0.25) is 4.90 Å². The lowest BCUT2D eigenvalue weighted by atomic mass is 10.1. The van der Waals surface area contributed by atoms with Crippen LogP contribution in [0.15, 0.2) is 24.3 Å². The molecule has 2 rings (SSSR count). The molecule has 1 aliphatic rings. The predicted octanol–water partition coefficient (Wildman–Crippen LogP) is -1.12. The van der Waals surface area contributed by atoms with Crippen molar-refractivity contribution in [2.24, 2.45) is 5.73 Å². The molecule has 7 nitrogen and oxygen atoms in total. The van der Waals surface area contributed by atoms with Gasteiger partial charge in [-0.05, 0) is 24.4 Å². The Morgan fingerprint density at radius 2 is 1.95 bits per heavy atom. The molecule has 6 N–H and O–H groups in total. The largest absolute Gasteiger partial charge is 0.506 e. The molecule has 0 amide bonds. The van der Waals surface area contributed by atoms with Crippen LogP contribution in [0.5, 0.6) is 5.75 Å². The Bertz CT molecular complexity index is 500. The summed E-state index contributed by atoms with van der Waals surface area (Å²) in [6.45, 7) is -0.458. The van der Waals surface area contributed by atoms with Crippen LogP contribution in [-0.4, -0.2) is 56.7 Å². The number of aliphatic hydroxyl groups excluding tert-OH is 3. The zero-order valence-corrected chi connectivity index (χ0v) is 11.3. The number of benzene rings is 1. The van der Waals surface area contributed by atoms with Gasteiger partial charge in [-0.25, -0.2) is 0 Å². The summed E-state index contributed by atoms with van der Waals surface area (Å²) >= 11 is 4.92. The third kappa shape index (κ3) is 2.56. The Kier molecular flexibility index (Phi) is 4.41. The number of hydrogen-bond acceptors (Lipinski definition) is 6. The molecule has 0 unspecified atom stereocenters. The normalized spacial score (nSPS) is 29.4. The van der Waals surface area contributed by atoms with E-state index in [0.717, 1.165) is 0 Å². The fourth-order valence-corrected chi connectivity index (χ4v) is 2.34. The number of rotatable bonds is 3. The first-order chi connectivity index (χ1) is 9.47. The number of thiocarbonyl (C=S) groups is 1. The van der Waals surface area contributed by atoms with Crippen molar-refractivity contribution in [2.45, 2.75) is 24.5 Å². The van der Waals surface area contributed by atoms with Gasteiger partial charge in [0.15, 0.2) is 11.3 Å². The van der Waals surface area contributed by atoms with Crippen LogP contribution >= 0.6 is 12.2 Å².